The first kappa shape index (κ1) is 16.6. The maximum absolute atomic E-state index is 5.46. The van der Waals surface area contributed by atoms with Crippen molar-refractivity contribution in [3.05, 3.63) is 83.3 Å². The van der Waals surface area contributed by atoms with Gasteiger partial charge in [0.1, 0.15) is 0 Å². The second-order valence-corrected chi connectivity index (χ2v) is 7.80. The van der Waals surface area contributed by atoms with Crippen LogP contribution in [0.15, 0.2) is 66.4 Å². The number of ether oxygens (including phenoxy) is 1. The van der Waals surface area contributed by atoms with Crippen molar-refractivity contribution in [3.63, 3.8) is 0 Å². The van der Waals surface area contributed by atoms with Gasteiger partial charge in [-0.3, -0.25) is 4.90 Å². The van der Waals surface area contributed by atoms with E-state index in [-0.39, 0.29) is 0 Å². The number of benzene rings is 2. The molecule has 2 bridgehead atoms. The van der Waals surface area contributed by atoms with E-state index in [1.807, 2.05) is 6.26 Å². The number of fused-ring (bicyclic) bond motifs is 6. The van der Waals surface area contributed by atoms with E-state index < -0.39 is 0 Å². The van der Waals surface area contributed by atoms with Crippen LogP contribution in [0.4, 0.5) is 0 Å². The molecule has 0 spiro atoms. The molecule has 1 fully saturated rings. The van der Waals surface area contributed by atoms with Gasteiger partial charge in [-0.2, -0.15) is 0 Å². The number of methoxy groups -OCH3 is 1. The highest BCUT2D eigenvalue weighted by Crippen LogP contribution is 2.47. The minimum absolute atomic E-state index is 0.419. The number of rotatable bonds is 3. The molecule has 2 unspecified atom stereocenters. The van der Waals surface area contributed by atoms with Crippen molar-refractivity contribution in [1.29, 1.82) is 0 Å². The second kappa shape index (κ2) is 6.58. The summed E-state index contributed by atoms with van der Waals surface area (Å²) in [7, 11) is 4.01. The summed E-state index contributed by atoms with van der Waals surface area (Å²) in [5.74, 6) is 0. The molecule has 1 aromatic heterocycles. The first-order valence-corrected chi connectivity index (χ1v) is 9.85. The van der Waals surface area contributed by atoms with E-state index in [1.54, 1.807) is 7.11 Å². The molecule has 27 heavy (non-hydrogen) atoms. The Labute approximate surface area is 160 Å². The predicted molar refractivity (Wildman–Crippen MR) is 109 cm³/mol. The lowest BCUT2D eigenvalue weighted by Gasteiger charge is -2.47. The van der Waals surface area contributed by atoms with Crippen LogP contribution in [-0.4, -0.2) is 22.6 Å². The fraction of sp³-hybridized carbons (Fsp3) is 0.333. The highest BCUT2D eigenvalue weighted by molar-refractivity contribution is 5.86. The summed E-state index contributed by atoms with van der Waals surface area (Å²) in [6, 6.07) is 20.6. The molecule has 3 nitrogen and oxygen atoms in total. The zero-order valence-corrected chi connectivity index (χ0v) is 16.1. The van der Waals surface area contributed by atoms with Crippen LogP contribution in [0.1, 0.15) is 35.7 Å². The first-order chi connectivity index (χ1) is 13.3. The Balaban J connectivity index is 1.65. The molecule has 2 aliphatic rings. The largest absolute Gasteiger partial charge is 0.504 e. The van der Waals surface area contributed by atoms with Crippen molar-refractivity contribution < 1.29 is 4.74 Å². The number of aryl methyl sites for hydroxylation is 1. The summed E-state index contributed by atoms with van der Waals surface area (Å²) in [5.41, 5.74) is 7.22. The van der Waals surface area contributed by atoms with Gasteiger partial charge in [-0.15, -0.1) is 0 Å². The number of piperidine rings is 1. The van der Waals surface area contributed by atoms with Gasteiger partial charge in [0.15, 0.2) is 0 Å². The Kier molecular flexibility index (Phi) is 4.05. The standard InChI is InChI=1S/C24H26N2O/c1-25-21-11-7-6-10-19(21)20-14-23-18(16-27-2)12-13-22(24(20)25)26(23)15-17-8-4-3-5-9-17/h3-11,16,22-23H,12-15H2,1-2H3/b18-16+. The van der Waals surface area contributed by atoms with Crippen molar-refractivity contribution >= 4 is 10.9 Å². The molecule has 138 valence electrons. The maximum atomic E-state index is 5.46. The molecule has 0 N–H and O–H groups in total. The van der Waals surface area contributed by atoms with Gasteiger partial charge >= 0.3 is 0 Å². The van der Waals surface area contributed by atoms with E-state index in [0.717, 1.165) is 25.8 Å². The molecule has 0 radical (unpaired) electrons. The van der Waals surface area contributed by atoms with Gasteiger partial charge in [-0.1, -0.05) is 48.5 Å². The predicted octanol–water partition coefficient (Wildman–Crippen LogP) is 4.97. The minimum atomic E-state index is 0.419. The molecule has 0 amide bonds. The summed E-state index contributed by atoms with van der Waals surface area (Å²) in [6.45, 7) is 0.984. The quantitative estimate of drug-likeness (QED) is 0.615. The molecule has 1 saturated heterocycles. The van der Waals surface area contributed by atoms with Crippen molar-refractivity contribution in [2.24, 2.45) is 7.05 Å². The van der Waals surface area contributed by atoms with Crippen LogP contribution in [0, 0.1) is 0 Å². The molecular weight excluding hydrogens is 332 g/mol. The van der Waals surface area contributed by atoms with Crippen LogP contribution < -0.4 is 0 Å². The van der Waals surface area contributed by atoms with E-state index >= 15 is 0 Å². The molecule has 5 rings (SSSR count). The summed E-state index contributed by atoms with van der Waals surface area (Å²) >= 11 is 0. The van der Waals surface area contributed by atoms with Gasteiger partial charge < -0.3 is 9.30 Å². The molecule has 3 heteroatoms. The highest BCUT2D eigenvalue weighted by Gasteiger charge is 2.42. The van der Waals surface area contributed by atoms with Gasteiger partial charge in [0, 0.05) is 36.2 Å². The number of nitrogens with zero attached hydrogens (tertiary/aromatic N) is 2. The fourth-order valence-corrected chi connectivity index (χ4v) is 5.24. The van der Waals surface area contributed by atoms with Crippen molar-refractivity contribution in [2.45, 2.75) is 37.9 Å². The number of para-hydroxylation sites is 1. The Morgan fingerprint density at radius 1 is 1.04 bits per heavy atom. The van der Waals surface area contributed by atoms with Gasteiger partial charge in [-0.05, 0) is 42.0 Å². The minimum Gasteiger partial charge on any atom is -0.504 e. The van der Waals surface area contributed by atoms with Gasteiger partial charge in [0.2, 0.25) is 0 Å². The second-order valence-electron chi connectivity index (χ2n) is 7.80. The van der Waals surface area contributed by atoms with Crippen LogP contribution in [0.2, 0.25) is 0 Å². The zero-order chi connectivity index (χ0) is 18.4. The Morgan fingerprint density at radius 3 is 2.63 bits per heavy atom. The summed E-state index contributed by atoms with van der Waals surface area (Å²) in [5, 5.41) is 1.42. The van der Waals surface area contributed by atoms with E-state index in [4.69, 9.17) is 4.74 Å². The van der Waals surface area contributed by atoms with E-state index in [2.05, 4.69) is 71.1 Å². The lowest BCUT2D eigenvalue weighted by atomic mass is 9.79. The summed E-state index contributed by atoms with van der Waals surface area (Å²) in [6.07, 6.45) is 5.33. The molecule has 3 aromatic rings. The number of hydrogen-bond donors (Lipinski definition) is 0. The third-order valence-electron chi connectivity index (χ3n) is 6.39. The van der Waals surface area contributed by atoms with Crippen LogP contribution >= 0.6 is 0 Å². The van der Waals surface area contributed by atoms with Crippen LogP contribution in [0.5, 0.6) is 0 Å². The third kappa shape index (κ3) is 2.61. The maximum Gasteiger partial charge on any atom is 0.0832 e. The number of hydrogen-bond acceptors (Lipinski definition) is 2. The normalized spacial score (nSPS) is 23.6. The summed E-state index contributed by atoms with van der Waals surface area (Å²) < 4.78 is 7.90. The van der Waals surface area contributed by atoms with E-state index in [9.17, 15) is 0 Å². The average molecular weight is 358 g/mol. The molecule has 3 heterocycles. The lowest BCUT2D eigenvalue weighted by molar-refractivity contribution is 0.0879. The molecule has 0 saturated carbocycles. The smallest absolute Gasteiger partial charge is 0.0832 e. The van der Waals surface area contributed by atoms with Crippen molar-refractivity contribution in [3.8, 4) is 0 Å². The number of aromatic nitrogens is 1. The van der Waals surface area contributed by atoms with Gasteiger partial charge in [0.05, 0.1) is 19.4 Å². The fourth-order valence-electron chi connectivity index (χ4n) is 5.24. The third-order valence-corrected chi connectivity index (χ3v) is 6.39. The SMILES string of the molecule is CO/C=C1\CCC2c3c(c4ccccc4n3C)CC1N2Cc1ccccc1. The first-order valence-electron chi connectivity index (χ1n) is 9.85. The molecule has 0 aliphatic carbocycles. The monoisotopic (exact) mass is 358 g/mol. The van der Waals surface area contributed by atoms with Gasteiger partial charge in [-0.25, -0.2) is 0 Å². The molecule has 2 aromatic carbocycles. The lowest BCUT2D eigenvalue weighted by Crippen LogP contribution is -2.47. The van der Waals surface area contributed by atoms with Crippen LogP contribution in [0.3, 0.4) is 0 Å². The van der Waals surface area contributed by atoms with Gasteiger partial charge in [0.25, 0.3) is 0 Å². The van der Waals surface area contributed by atoms with Crippen molar-refractivity contribution in [1.82, 2.24) is 9.47 Å². The molecule has 2 atom stereocenters. The summed E-state index contributed by atoms with van der Waals surface area (Å²) in [4.78, 5) is 2.70. The Bertz CT molecular complexity index is 1000. The molecular formula is C24H26N2O. The van der Waals surface area contributed by atoms with E-state index in [1.165, 1.54) is 33.3 Å². The highest BCUT2D eigenvalue weighted by atomic mass is 16.5. The van der Waals surface area contributed by atoms with E-state index in [0.29, 0.717) is 12.1 Å². The topological polar surface area (TPSA) is 17.4 Å². The van der Waals surface area contributed by atoms with Crippen LogP contribution in [-0.2, 0) is 24.8 Å². The zero-order valence-electron chi connectivity index (χ0n) is 16.1. The average Bonchev–Trinajstić information content (AvgIpc) is 2.97. The molecule has 2 aliphatic heterocycles. The Hall–Kier alpha value is -2.52. The van der Waals surface area contributed by atoms with Crippen LogP contribution in [0.25, 0.3) is 10.9 Å². The Morgan fingerprint density at radius 2 is 1.81 bits per heavy atom. The van der Waals surface area contributed by atoms with Crippen molar-refractivity contribution in [2.75, 3.05) is 7.11 Å².